The molecule has 1 heterocycles. The lowest BCUT2D eigenvalue weighted by molar-refractivity contribution is 0.201. The van der Waals surface area contributed by atoms with Gasteiger partial charge in [-0.1, -0.05) is 30.3 Å². The number of hydrogen-bond donors (Lipinski definition) is 2. The summed E-state index contributed by atoms with van der Waals surface area (Å²) >= 11 is 0. The highest BCUT2D eigenvalue weighted by Gasteiger charge is 2.42. The Labute approximate surface area is 122 Å². The average Bonchev–Trinajstić information content (AvgIpc) is 3.14. The van der Waals surface area contributed by atoms with Crippen molar-refractivity contribution in [3.8, 4) is 0 Å². The van der Waals surface area contributed by atoms with Crippen molar-refractivity contribution in [1.82, 2.24) is 10.2 Å². The van der Waals surface area contributed by atoms with E-state index in [1.807, 2.05) is 0 Å². The maximum absolute atomic E-state index is 9.37. The normalized spacial score (nSPS) is 26.6. The summed E-state index contributed by atoms with van der Waals surface area (Å²) in [6.07, 6.45) is 3.60. The summed E-state index contributed by atoms with van der Waals surface area (Å²) in [5.41, 5.74) is 1.63. The molecule has 2 aliphatic rings. The molecular formula is C17H26N2O. The molecule has 0 amide bonds. The summed E-state index contributed by atoms with van der Waals surface area (Å²) in [5.74, 6) is 0. The average molecular weight is 274 g/mol. The number of likely N-dealkylation sites (tertiary alicyclic amines) is 1. The van der Waals surface area contributed by atoms with E-state index in [4.69, 9.17) is 0 Å². The number of aliphatic hydroxyl groups excluding tert-OH is 1. The lowest BCUT2D eigenvalue weighted by atomic mass is 10.1. The number of rotatable bonds is 6. The third kappa shape index (κ3) is 3.05. The van der Waals surface area contributed by atoms with Crippen LogP contribution in [0.1, 0.15) is 37.8 Å². The van der Waals surface area contributed by atoms with Gasteiger partial charge in [-0.25, -0.2) is 0 Å². The van der Waals surface area contributed by atoms with Crippen molar-refractivity contribution in [2.75, 3.05) is 26.2 Å². The van der Waals surface area contributed by atoms with E-state index in [9.17, 15) is 5.11 Å². The lowest BCUT2D eigenvalue weighted by Gasteiger charge is -2.25. The fourth-order valence-corrected chi connectivity index (χ4v) is 3.18. The molecule has 0 aromatic heterocycles. The van der Waals surface area contributed by atoms with Gasteiger partial charge in [0.05, 0.1) is 0 Å². The van der Waals surface area contributed by atoms with Gasteiger partial charge in [0.2, 0.25) is 0 Å². The van der Waals surface area contributed by atoms with E-state index in [1.165, 1.54) is 31.4 Å². The molecule has 1 aliphatic carbocycles. The van der Waals surface area contributed by atoms with Crippen molar-refractivity contribution in [3.63, 3.8) is 0 Å². The highest BCUT2D eigenvalue weighted by molar-refractivity contribution is 5.18. The molecule has 1 aliphatic heterocycles. The van der Waals surface area contributed by atoms with Crippen molar-refractivity contribution < 1.29 is 5.11 Å². The highest BCUT2D eigenvalue weighted by Crippen LogP contribution is 2.44. The van der Waals surface area contributed by atoms with Gasteiger partial charge in [0.1, 0.15) is 0 Å². The molecule has 2 atom stereocenters. The monoisotopic (exact) mass is 274 g/mol. The topological polar surface area (TPSA) is 35.5 Å². The molecule has 1 aromatic rings. The van der Waals surface area contributed by atoms with E-state index in [2.05, 4.69) is 47.5 Å². The Bertz CT molecular complexity index is 430. The summed E-state index contributed by atoms with van der Waals surface area (Å²) in [7, 11) is 0. The molecule has 1 saturated carbocycles. The summed E-state index contributed by atoms with van der Waals surface area (Å²) in [4.78, 5) is 2.56. The fraction of sp³-hybridized carbons (Fsp3) is 0.647. The van der Waals surface area contributed by atoms with Crippen LogP contribution in [0.2, 0.25) is 0 Å². The second kappa shape index (κ2) is 5.84. The summed E-state index contributed by atoms with van der Waals surface area (Å²) < 4.78 is 0. The Morgan fingerprint density at radius 2 is 2.10 bits per heavy atom. The first-order valence-electron chi connectivity index (χ1n) is 7.86. The van der Waals surface area contributed by atoms with Crippen LogP contribution in [0.15, 0.2) is 30.3 Å². The lowest BCUT2D eigenvalue weighted by Crippen LogP contribution is -2.37. The van der Waals surface area contributed by atoms with Gasteiger partial charge in [-0.3, -0.25) is 4.90 Å². The first kappa shape index (κ1) is 14.1. The van der Waals surface area contributed by atoms with Crippen molar-refractivity contribution in [2.45, 2.75) is 38.3 Å². The van der Waals surface area contributed by atoms with Gasteiger partial charge in [-0.05, 0) is 31.7 Å². The van der Waals surface area contributed by atoms with Crippen LogP contribution in [0.4, 0.5) is 0 Å². The highest BCUT2D eigenvalue weighted by atomic mass is 16.3. The zero-order chi connectivity index (χ0) is 14.0. The van der Waals surface area contributed by atoms with E-state index in [1.54, 1.807) is 0 Å². The molecule has 110 valence electrons. The van der Waals surface area contributed by atoms with Crippen LogP contribution in [-0.4, -0.2) is 42.3 Å². The fourth-order valence-electron chi connectivity index (χ4n) is 3.18. The van der Waals surface area contributed by atoms with E-state index in [0.29, 0.717) is 18.7 Å². The molecule has 3 heteroatoms. The first-order valence-corrected chi connectivity index (χ1v) is 7.86. The number of nitrogens with one attached hydrogen (secondary N) is 1. The Morgan fingerprint density at radius 3 is 2.75 bits per heavy atom. The molecule has 2 fully saturated rings. The maximum atomic E-state index is 9.37. The summed E-state index contributed by atoms with van der Waals surface area (Å²) in [6.45, 7) is 5.92. The quantitative estimate of drug-likeness (QED) is 0.834. The van der Waals surface area contributed by atoms with Crippen LogP contribution in [0, 0.1) is 5.41 Å². The third-order valence-corrected chi connectivity index (χ3v) is 5.11. The number of benzene rings is 1. The van der Waals surface area contributed by atoms with Gasteiger partial charge < -0.3 is 10.4 Å². The first-order chi connectivity index (χ1) is 9.72. The molecule has 20 heavy (non-hydrogen) atoms. The smallest absolute Gasteiger partial charge is 0.0499 e. The van der Waals surface area contributed by atoms with Crippen molar-refractivity contribution in [1.29, 1.82) is 0 Å². The van der Waals surface area contributed by atoms with Gasteiger partial charge in [0.25, 0.3) is 0 Å². The minimum Gasteiger partial charge on any atom is -0.396 e. The van der Waals surface area contributed by atoms with E-state index in [-0.39, 0.29) is 5.41 Å². The minimum atomic E-state index is 0.221. The van der Waals surface area contributed by atoms with Gasteiger partial charge in [-0.15, -0.1) is 0 Å². The largest absolute Gasteiger partial charge is 0.396 e. The molecule has 3 rings (SSSR count). The standard InChI is InChI=1S/C17H26N2O/c1-14(15-5-3-2-4-6-15)19-10-7-16(11-19)18-12-17(13-20)8-9-17/h2-6,14,16,18,20H,7-13H2,1H3. The van der Waals surface area contributed by atoms with Crippen molar-refractivity contribution in [3.05, 3.63) is 35.9 Å². The van der Waals surface area contributed by atoms with Crippen LogP contribution in [0.3, 0.4) is 0 Å². The molecule has 0 radical (unpaired) electrons. The molecule has 0 bridgehead atoms. The van der Waals surface area contributed by atoms with Crippen LogP contribution >= 0.6 is 0 Å². The predicted molar refractivity (Wildman–Crippen MR) is 81.6 cm³/mol. The predicted octanol–water partition coefficient (Wildman–Crippen LogP) is 2.18. The van der Waals surface area contributed by atoms with E-state index in [0.717, 1.165) is 13.1 Å². The summed E-state index contributed by atoms with van der Waals surface area (Å²) in [5, 5.41) is 13.0. The summed E-state index contributed by atoms with van der Waals surface area (Å²) in [6, 6.07) is 11.8. The number of nitrogens with zero attached hydrogens (tertiary/aromatic N) is 1. The second-order valence-electron chi connectivity index (χ2n) is 6.61. The zero-order valence-corrected chi connectivity index (χ0v) is 12.4. The maximum Gasteiger partial charge on any atom is 0.0499 e. The Balaban J connectivity index is 1.49. The Hall–Kier alpha value is -0.900. The third-order valence-electron chi connectivity index (χ3n) is 5.11. The molecular weight excluding hydrogens is 248 g/mol. The van der Waals surface area contributed by atoms with Crippen molar-refractivity contribution in [2.24, 2.45) is 5.41 Å². The second-order valence-corrected chi connectivity index (χ2v) is 6.61. The van der Waals surface area contributed by atoms with Gasteiger partial charge in [0, 0.05) is 43.7 Å². The van der Waals surface area contributed by atoms with Crippen LogP contribution in [0.5, 0.6) is 0 Å². The van der Waals surface area contributed by atoms with Gasteiger partial charge in [0.15, 0.2) is 0 Å². The van der Waals surface area contributed by atoms with Crippen molar-refractivity contribution >= 4 is 0 Å². The number of hydrogen-bond acceptors (Lipinski definition) is 3. The van der Waals surface area contributed by atoms with Gasteiger partial charge in [-0.2, -0.15) is 0 Å². The zero-order valence-electron chi connectivity index (χ0n) is 12.4. The Kier molecular flexibility index (Phi) is 4.11. The van der Waals surface area contributed by atoms with Crippen LogP contribution < -0.4 is 5.32 Å². The van der Waals surface area contributed by atoms with E-state index < -0.39 is 0 Å². The molecule has 0 spiro atoms. The molecule has 3 nitrogen and oxygen atoms in total. The SMILES string of the molecule is CC(c1ccccc1)N1CCC(NCC2(CO)CC2)C1. The van der Waals surface area contributed by atoms with Crippen LogP contribution in [0.25, 0.3) is 0 Å². The number of aliphatic hydroxyl groups is 1. The van der Waals surface area contributed by atoms with Gasteiger partial charge >= 0.3 is 0 Å². The Morgan fingerprint density at radius 1 is 1.35 bits per heavy atom. The molecule has 2 N–H and O–H groups in total. The molecule has 1 aromatic carbocycles. The van der Waals surface area contributed by atoms with E-state index >= 15 is 0 Å². The van der Waals surface area contributed by atoms with Crippen LogP contribution in [-0.2, 0) is 0 Å². The minimum absolute atomic E-state index is 0.221. The molecule has 2 unspecified atom stereocenters. The molecule has 1 saturated heterocycles.